The Labute approximate surface area is 128 Å². The molecular formula is C13H20BrNO2S2. The van der Waals surface area contributed by atoms with Crippen LogP contribution in [0.25, 0.3) is 0 Å². The molecule has 2 atom stereocenters. The molecule has 1 fully saturated rings. The first kappa shape index (κ1) is 15.5. The largest absolute Gasteiger partial charge is 0.250 e. The van der Waals surface area contributed by atoms with Gasteiger partial charge in [-0.25, -0.2) is 13.1 Å². The maximum absolute atomic E-state index is 12.0. The van der Waals surface area contributed by atoms with Crippen molar-refractivity contribution in [1.29, 1.82) is 0 Å². The van der Waals surface area contributed by atoms with Crippen LogP contribution in [0.3, 0.4) is 0 Å². The number of nitrogens with one attached hydrogen (secondary N) is 1. The Kier molecular flexibility index (Phi) is 5.45. The molecule has 1 N–H and O–H groups in total. The molecule has 1 aromatic rings. The van der Waals surface area contributed by atoms with Crippen LogP contribution < -0.4 is 4.72 Å². The molecule has 19 heavy (non-hydrogen) atoms. The van der Waals surface area contributed by atoms with Crippen LogP contribution >= 0.6 is 27.3 Å². The summed E-state index contributed by atoms with van der Waals surface area (Å²) in [5, 5.41) is 0. The van der Waals surface area contributed by atoms with E-state index in [0.29, 0.717) is 16.7 Å². The van der Waals surface area contributed by atoms with Crippen molar-refractivity contribution in [2.45, 2.75) is 43.2 Å². The van der Waals surface area contributed by atoms with Gasteiger partial charge in [-0.1, -0.05) is 26.2 Å². The average Bonchev–Trinajstić information content (AvgIpc) is 2.76. The number of rotatable bonds is 5. The van der Waals surface area contributed by atoms with Gasteiger partial charge in [0.15, 0.2) is 0 Å². The van der Waals surface area contributed by atoms with Crippen molar-refractivity contribution >= 4 is 37.3 Å². The molecule has 1 aromatic heterocycles. The van der Waals surface area contributed by atoms with Crippen LogP contribution in [0.15, 0.2) is 20.1 Å². The lowest BCUT2D eigenvalue weighted by Gasteiger charge is -2.26. The molecule has 6 heteroatoms. The first-order valence-corrected chi connectivity index (χ1v) is 9.81. The Morgan fingerprint density at radius 3 is 2.84 bits per heavy atom. The fraction of sp³-hybridized carbons (Fsp3) is 0.692. The first-order chi connectivity index (χ1) is 8.97. The van der Waals surface area contributed by atoms with Gasteiger partial charge in [-0.2, -0.15) is 0 Å². The maximum atomic E-state index is 12.0. The Bertz CT molecular complexity index is 512. The third kappa shape index (κ3) is 4.55. The Morgan fingerprint density at radius 2 is 2.21 bits per heavy atom. The van der Waals surface area contributed by atoms with E-state index in [4.69, 9.17) is 0 Å². The lowest BCUT2D eigenvalue weighted by Crippen LogP contribution is -2.26. The standard InChI is InChI=1S/C13H20BrNO2S2/c1-10-3-2-4-11(9-10)7-8-15-19(16,17)13-6-5-12(14)18-13/h5-6,10-11,15H,2-4,7-9H2,1H3. The van der Waals surface area contributed by atoms with Gasteiger partial charge in [0.25, 0.3) is 0 Å². The number of sulfonamides is 1. The second kappa shape index (κ2) is 6.70. The highest BCUT2D eigenvalue weighted by Crippen LogP contribution is 2.30. The van der Waals surface area contributed by atoms with E-state index >= 15 is 0 Å². The van der Waals surface area contributed by atoms with E-state index in [-0.39, 0.29) is 0 Å². The van der Waals surface area contributed by atoms with Gasteiger partial charge in [-0.15, -0.1) is 11.3 Å². The lowest BCUT2D eigenvalue weighted by atomic mass is 9.81. The molecule has 108 valence electrons. The highest BCUT2D eigenvalue weighted by Gasteiger charge is 2.20. The Hall–Kier alpha value is 0.0900. The first-order valence-electron chi connectivity index (χ1n) is 6.72. The zero-order valence-electron chi connectivity index (χ0n) is 11.1. The molecule has 1 heterocycles. The molecule has 0 spiro atoms. The van der Waals surface area contributed by atoms with Crippen molar-refractivity contribution in [2.24, 2.45) is 11.8 Å². The highest BCUT2D eigenvalue weighted by atomic mass is 79.9. The van der Waals surface area contributed by atoms with Gasteiger partial charge >= 0.3 is 0 Å². The SMILES string of the molecule is CC1CCCC(CCNS(=O)(=O)c2ccc(Br)s2)C1. The maximum Gasteiger partial charge on any atom is 0.250 e. The van der Waals surface area contributed by atoms with Crippen molar-refractivity contribution in [3.05, 3.63) is 15.9 Å². The molecule has 0 bridgehead atoms. The van der Waals surface area contributed by atoms with Gasteiger partial charge in [0, 0.05) is 6.54 Å². The van der Waals surface area contributed by atoms with Crippen LogP contribution in [-0.4, -0.2) is 15.0 Å². The molecular weight excluding hydrogens is 346 g/mol. The van der Waals surface area contributed by atoms with Crippen LogP contribution in [0, 0.1) is 11.8 Å². The normalized spacial score (nSPS) is 24.5. The average molecular weight is 366 g/mol. The molecule has 1 aliphatic carbocycles. The summed E-state index contributed by atoms with van der Waals surface area (Å²) in [4.78, 5) is 0. The van der Waals surface area contributed by atoms with Gasteiger partial charge in [-0.05, 0) is 52.7 Å². The van der Waals surface area contributed by atoms with Gasteiger partial charge < -0.3 is 0 Å². The molecule has 0 aliphatic heterocycles. The predicted molar refractivity (Wildman–Crippen MR) is 82.9 cm³/mol. The highest BCUT2D eigenvalue weighted by molar-refractivity contribution is 9.11. The van der Waals surface area contributed by atoms with Crippen molar-refractivity contribution in [1.82, 2.24) is 4.72 Å². The second-order valence-electron chi connectivity index (χ2n) is 5.38. The smallest absolute Gasteiger partial charge is 0.210 e. The number of hydrogen-bond donors (Lipinski definition) is 1. The molecule has 1 saturated carbocycles. The van der Waals surface area contributed by atoms with E-state index in [1.165, 1.54) is 37.0 Å². The molecule has 2 rings (SSSR count). The van der Waals surface area contributed by atoms with E-state index in [1.54, 1.807) is 12.1 Å². The molecule has 2 unspecified atom stereocenters. The Morgan fingerprint density at radius 1 is 1.42 bits per heavy atom. The number of halogens is 1. The van der Waals surface area contributed by atoms with E-state index in [1.807, 2.05) is 0 Å². The minimum absolute atomic E-state index is 0.386. The van der Waals surface area contributed by atoms with E-state index in [0.717, 1.165) is 16.1 Å². The molecule has 0 amide bonds. The summed E-state index contributed by atoms with van der Waals surface area (Å²) in [5.74, 6) is 1.48. The summed E-state index contributed by atoms with van der Waals surface area (Å²) >= 11 is 4.54. The van der Waals surface area contributed by atoms with Crippen LogP contribution in [0.2, 0.25) is 0 Å². The number of thiophene rings is 1. The lowest BCUT2D eigenvalue weighted by molar-refractivity contribution is 0.271. The van der Waals surface area contributed by atoms with Crippen LogP contribution in [-0.2, 0) is 10.0 Å². The fourth-order valence-corrected chi connectivity index (χ4v) is 5.83. The minimum Gasteiger partial charge on any atom is -0.210 e. The van der Waals surface area contributed by atoms with E-state index < -0.39 is 10.0 Å². The molecule has 3 nitrogen and oxygen atoms in total. The number of hydrogen-bond acceptors (Lipinski definition) is 3. The van der Waals surface area contributed by atoms with Gasteiger partial charge in [0.1, 0.15) is 4.21 Å². The topological polar surface area (TPSA) is 46.2 Å². The van der Waals surface area contributed by atoms with Crippen molar-refractivity contribution < 1.29 is 8.42 Å². The van der Waals surface area contributed by atoms with Crippen LogP contribution in [0.5, 0.6) is 0 Å². The molecule has 0 aromatic carbocycles. The summed E-state index contributed by atoms with van der Waals surface area (Å²) in [5.41, 5.74) is 0. The van der Waals surface area contributed by atoms with Crippen LogP contribution in [0.1, 0.15) is 39.0 Å². The van der Waals surface area contributed by atoms with E-state index in [9.17, 15) is 8.42 Å². The quantitative estimate of drug-likeness (QED) is 0.856. The van der Waals surface area contributed by atoms with Gasteiger partial charge in [-0.3, -0.25) is 0 Å². The summed E-state index contributed by atoms with van der Waals surface area (Å²) in [6, 6.07) is 3.40. The van der Waals surface area contributed by atoms with E-state index in [2.05, 4.69) is 27.6 Å². The van der Waals surface area contributed by atoms with Gasteiger partial charge in [0.2, 0.25) is 10.0 Å². The monoisotopic (exact) mass is 365 g/mol. The predicted octanol–water partition coefficient (Wildman–Crippen LogP) is 4.01. The third-order valence-electron chi connectivity index (χ3n) is 3.70. The van der Waals surface area contributed by atoms with Crippen molar-refractivity contribution in [3.8, 4) is 0 Å². The second-order valence-corrected chi connectivity index (χ2v) is 9.84. The van der Waals surface area contributed by atoms with Crippen LogP contribution in [0.4, 0.5) is 0 Å². The zero-order valence-corrected chi connectivity index (χ0v) is 14.3. The minimum atomic E-state index is -3.32. The Balaban J connectivity index is 1.82. The molecule has 0 saturated heterocycles. The summed E-state index contributed by atoms with van der Waals surface area (Å²) < 4.78 is 28.0. The van der Waals surface area contributed by atoms with Gasteiger partial charge in [0.05, 0.1) is 3.79 Å². The molecule has 1 aliphatic rings. The zero-order chi connectivity index (χ0) is 13.9. The summed E-state index contributed by atoms with van der Waals surface area (Å²) in [6.07, 6.45) is 6.06. The third-order valence-corrected chi connectivity index (χ3v) is 7.28. The van der Waals surface area contributed by atoms with Crippen molar-refractivity contribution in [2.75, 3.05) is 6.54 Å². The summed E-state index contributed by atoms with van der Waals surface area (Å²) in [7, 11) is -3.32. The van der Waals surface area contributed by atoms with Crippen molar-refractivity contribution in [3.63, 3.8) is 0 Å². The molecule has 0 radical (unpaired) electrons. The summed E-state index contributed by atoms with van der Waals surface area (Å²) in [6.45, 7) is 2.84. The fourth-order valence-electron chi connectivity index (χ4n) is 2.73.